The van der Waals surface area contributed by atoms with E-state index in [-0.39, 0.29) is 11.0 Å². The Labute approximate surface area is 130 Å². The van der Waals surface area contributed by atoms with E-state index in [9.17, 15) is 10.1 Å². The van der Waals surface area contributed by atoms with Crippen molar-refractivity contribution in [2.24, 2.45) is 0 Å². The van der Waals surface area contributed by atoms with E-state index in [1.807, 2.05) is 31.2 Å². The molecule has 0 radical (unpaired) electrons. The zero-order valence-electron chi connectivity index (χ0n) is 11.6. The van der Waals surface area contributed by atoms with Gasteiger partial charge in [-0.05, 0) is 36.2 Å². The van der Waals surface area contributed by atoms with Crippen LogP contribution in [0.5, 0.6) is 0 Å². The molecule has 0 saturated heterocycles. The van der Waals surface area contributed by atoms with E-state index in [0.717, 1.165) is 10.9 Å². The summed E-state index contributed by atoms with van der Waals surface area (Å²) in [6.45, 7) is 1.86. The molecule has 0 unspecified atom stereocenters. The van der Waals surface area contributed by atoms with E-state index >= 15 is 0 Å². The Morgan fingerprint density at radius 1 is 1.18 bits per heavy atom. The maximum atomic E-state index is 10.9. The Morgan fingerprint density at radius 3 is 2.73 bits per heavy atom. The van der Waals surface area contributed by atoms with E-state index in [1.54, 1.807) is 6.07 Å². The molecule has 0 aliphatic carbocycles. The molecule has 22 heavy (non-hydrogen) atoms. The molecule has 0 atom stereocenters. The molecular weight excluding hydrogens is 304 g/mol. The summed E-state index contributed by atoms with van der Waals surface area (Å²) in [7, 11) is 0. The second-order valence-corrected chi connectivity index (χ2v) is 5.08. The first kappa shape index (κ1) is 14.2. The second kappa shape index (κ2) is 5.57. The number of hydrogen-bond acceptors (Lipinski definition) is 5. The van der Waals surface area contributed by atoms with Gasteiger partial charge in [0.15, 0.2) is 0 Å². The number of nitrogens with one attached hydrogen (secondary N) is 1. The minimum absolute atomic E-state index is 0.0116. The lowest BCUT2D eigenvalue weighted by Gasteiger charge is -2.11. The maximum absolute atomic E-state index is 10.9. The smallest absolute Gasteiger partial charge is 0.271 e. The molecule has 2 aromatic carbocycles. The first-order chi connectivity index (χ1) is 10.5. The number of non-ortho nitro benzene ring substituents is 1. The fourth-order valence-corrected chi connectivity index (χ4v) is 2.30. The van der Waals surface area contributed by atoms with Gasteiger partial charge in [-0.25, -0.2) is 4.98 Å². The molecule has 0 bridgehead atoms. The van der Waals surface area contributed by atoms with Gasteiger partial charge in [0.05, 0.1) is 10.4 Å². The lowest BCUT2D eigenvalue weighted by atomic mass is 10.1. The van der Waals surface area contributed by atoms with Crippen LogP contribution in [0.4, 0.5) is 17.2 Å². The highest BCUT2D eigenvalue weighted by atomic mass is 35.5. The third kappa shape index (κ3) is 2.68. The number of nitrogens with zero attached hydrogens (tertiary/aromatic N) is 3. The Kier molecular flexibility index (Phi) is 3.60. The zero-order chi connectivity index (χ0) is 15.7. The predicted molar refractivity (Wildman–Crippen MR) is 85.7 cm³/mol. The van der Waals surface area contributed by atoms with Gasteiger partial charge in [-0.15, -0.1) is 0 Å². The van der Waals surface area contributed by atoms with Crippen LogP contribution in [-0.2, 0) is 0 Å². The van der Waals surface area contributed by atoms with Crippen molar-refractivity contribution in [3.05, 3.63) is 63.4 Å². The minimum atomic E-state index is -0.435. The Balaban J connectivity index is 2.10. The molecule has 1 heterocycles. The molecule has 0 aliphatic rings. The van der Waals surface area contributed by atoms with Gasteiger partial charge in [-0.3, -0.25) is 10.1 Å². The van der Waals surface area contributed by atoms with Crippen molar-refractivity contribution >= 4 is 39.7 Å². The molecule has 0 spiro atoms. The molecule has 0 fully saturated rings. The largest absolute Gasteiger partial charge is 0.339 e. The van der Waals surface area contributed by atoms with E-state index in [0.29, 0.717) is 17.0 Å². The quantitative estimate of drug-likeness (QED) is 0.444. The van der Waals surface area contributed by atoms with Gasteiger partial charge in [-0.2, -0.15) is 4.98 Å². The molecule has 1 N–H and O–H groups in total. The lowest BCUT2D eigenvalue weighted by molar-refractivity contribution is -0.384. The first-order valence-corrected chi connectivity index (χ1v) is 6.87. The van der Waals surface area contributed by atoms with Gasteiger partial charge >= 0.3 is 0 Å². The fraction of sp³-hybridized carbons (Fsp3) is 0.0667. The number of nitro benzene ring substituents is 1. The second-order valence-electron chi connectivity index (χ2n) is 4.74. The average Bonchev–Trinajstić information content (AvgIpc) is 2.49. The van der Waals surface area contributed by atoms with Gasteiger partial charge in [0, 0.05) is 23.2 Å². The summed E-state index contributed by atoms with van der Waals surface area (Å²) in [4.78, 5) is 18.8. The van der Waals surface area contributed by atoms with Gasteiger partial charge in [0.2, 0.25) is 5.28 Å². The molecule has 0 aliphatic heterocycles. The number of hydrogen-bond donors (Lipinski definition) is 1. The number of fused-ring (bicyclic) bond motifs is 1. The fourth-order valence-electron chi connectivity index (χ4n) is 2.13. The summed E-state index contributed by atoms with van der Waals surface area (Å²) in [5.41, 5.74) is 2.18. The highest BCUT2D eigenvalue weighted by Crippen LogP contribution is 2.28. The van der Waals surface area contributed by atoms with Crippen LogP contribution in [0, 0.1) is 17.0 Å². The summed E-state index contributed by atoms with van der Waals surface area (Å²) < 4.78 is 0. The highest BCUT2D eigenvalue weighted by Gasteiger charge is 2.11. The van der Waals surface area contributed by atoms with Crippen molar-refractivity contribution in [3.63, 3.8) is 0 Å². The van der Waals surface area contributed by atoms with Gasteiger partial charge in [0.25, 0.3) is 5.69 Å². The third-order valence-electron chi connectivity index (χ3n) is 3.26. The van der Waals surface area contributed by atoms with Crippen LogP contribution in [0.3, 0.4) is 0 Å². The molecule has 7 heteroatoms. The molecule has 3 aromatic rings. The van der Waals surface area contributed by atoms with Gasteiger partial charge in [0.1, 0.15) is 5.82 Å². The normalized spacial score (nSPS) is 10.6. The Hall–Kier alpha value is -2.73. The molecule has 0 saturated carbocycles. The van der Waals surface area contributed by atoms with E-state index in [1.165, 1.54) is 12.1 Å². The van der Waals surface area contributed by atoms with E-state index in [4.69, 9.17) is 11.6 Å². The highest BCUT2D eigenvalue weighted by molar-refractivity contribution is 6.28. The summed E-state index contributed by atoms with van der Waals surface area (Å²) >= 11 is 5.94. The van der Waals surface area contributed by atoms with Crippen LogP contribution < -0.4 is 5.32 Å². The number of aryl methyl sites for hydroxylation is 1. The van der Waals surface area contributed by atoms with Crippen LogP contribution in [0.2, 0.25) is 5.28 Å². The summed E-state index contributed by atoms with van der Waals surface area (Å²) in [5.74, 6) is 0.513. The van der Waals surface area contributed by atoms with Crippen molar-refractivity contribution in [2.75, 3.05) is 5.32 Å². The SMILES string of the molecule is Cc1ccc([N+](=O)[O-])cc1Nc1nc(Cl)nc2ccccc12. The molecule has 3 rings (SSSR count). The lowest BCUT2D eigenvalue weighted by Crippen LogP contribution is -2.00. The molecule has 110 valence electrons. The van der Waals surface area contributed by atoms with Crippen molar-refractivity contribution in [3.8, 4) is 0 Å². The summed E-state index contributed by atoms with van der Waals surface area (Å²) in [6, 6.07) is 12.0. The number of halogens is 1. The van der Waals surface area contributed by atoms with Crippen molar-refractivity contribution in [1.82, 2.24) is 9.97 Å². The van der Waals surface area contributed by atoms with Gasteiger partial charge < -0.3 is 5.32 Å². The van der Waals surface area contributed by atoms with Crippen LogP contribution in [0.15, 0.2) is 42.5 Å². The van der Waals surface area contributed by atoms with Crippen molar-refractivity contribution in [2.45, 2.75) is 6.92 Å². The molecule has 0 amide bonds. The molecular formula is C15H11ClN4O2. The maximum Gasteiger partial charge on any atom is 0.271 e. The molecule has 6 nitrogen and oxygen atoms in total. The van der Waals surface area contributed by atoms with Crippen LogP contribution in [-0.4, -0.2) is 14.9 Å². The van der Waals surface area contributed by atoms with Crippen LogP contribution in [0.25, 0.3) is 10.9 Å². The zero-order valence-corrected chi connectivity index (χ0v) is 12.3. The Morgan fingerprint density at radius 2 is 1.95 bits per heavy atom. The number of aromatic nitrogens is 2. The first-order valence-electron chi connectivity index (χ1n) is 6.49. The number of rotatable bonds is 3. The topological polar surface area (TPSA) is 81.0 Å². The van der Waals surface area contributed by atoms with Gasteiger partial charge in [-0.1, -0.05) is 18.2 Å². The minimum Gasteiger partial charge on any atom is -0.339 e. The third-order valence-corrected chi connectivity index (χ3v) is 3.43. The number of benzene rings is 2. The monoisotopic (exact) mass is 314 g/mol. The standard InChI is InChI=1S/C15H11ClN4O2/c1-9-6-7-10(20(21)22)8-13(9)17-14-11-4-2-3-5-12(11)18-15(16)19-14/h2-8H,1H3,(H,17,18,19). The van der Waals surface area contributed by atoms with Crippen molar-refractivity contribution in [1.29, 1.82) is 0 Å². The average molecular weight is 315 g/mol. The van der Waals surface area contributed by atoms with Crippen molar-refractivity contribution < 1.29 is 4.92 Å². The predicted octanol–water partition coefficient (Wildman–Crippen LogP) is 4.24. The Bertz CT molecular complexity index is 883. The van der Waals surface area contributed by atoms with E-state index in [2.05, 4.69) is 15.3 Å². The van der Waals surface area contributed by atoms with Crippen LogP contribution in [0.1, 0.15) is 5.56 Å². The summed E-state index contributed by atoms with van der Waals surface area (Å²) in [6.07, 6.45) is 0. The van der Waals surface area contributed by atoms with E-state index < -0.39 is 4.92 Å². The number of anilines is 2. The van der Waals surface area contributed by atoms with Crippen LogP contribution >= 0.6 is 11.6 Å². The summed E-state index contributed by atoms with van der Waals surface area (Å²) in [5, 5.41) is 14.9. The number of nitro groups is 1. The number of para-hydroxylation sites is 1. The molecule has 1 aromatic heterocycles.